The van der Waals surface area contributed by atoms with Gasteiger partial charge in [-0.15, -0.1) is 36.2 Å². The third-order valence-corrected chi connectivity index (χ3v) is 5.33. The van der Waals surface area contributed by atoms with Crippen LogP contribution < -0.4 is 11.1 Å². The van der Waals surface area contributed by atoms with Gasteiger partial charge in [0.15, 0.2) is 0 Å². The highest BCUT2D eigenvalue weighted by Crippen LogP contribution is 2.33. The van der Waals surface area contributed by atoms with E-state index >= 15 is 0 Å². The number of hydrogen-bond donors (Lipinski definition) is 2. The van der Waals surface area contributed by atoms with Crippen molar-refractivity contribution in [3.05, 3.63) is 29.3 Å². The van der Waals surface area contributed by atoms with Gasteiger partial charge in [-0.1, -0.05) is 12.1 Å². The van der Waals surface area contributed by atoms with Crippen molar-refractivity contribution in [2.24, 2.45) is 5.73 Å². The fraction of sp³-hybridized carbons (Fsp3) is 0.438. The summed E-state index contributed by atoms with van der Waals surface area (Å²) in [5.41, 5.74) is 6.26. The summed E-state index contributed by atoms with van der Waals surface area (Å²) < 4.78 is 1.21. The maximum atomic E-state index is 12.1. The fourth-order valence-corrected chi connectivity index (χ4v) is 3.94. The van der Waals surface area contributed by atoms with Crippen molar-refractivity contribution in [3.8, 4) is 0 Å². The molecule has 0 saturated carbocycles. The molecule has 1 fully saturated rings. The lowest BCUT2D eigenvalue weighted by molar-refractivity contribution is -0.133. The van der Waals surface area contributed by atoms with Crippen molar-refractivity contribution in [1.82, 2.24) is 15.2 Å². The Labute approximate surface area is 163 Å². The molecule has 2 heterocycles. The van der Waals surface area contributed by atoms with E-state index in [1.807, 2.05) is 18.2 Å². The van der Waals surface area contributed by atoms with Gasteiger partial charge in [-0.2, -0.15) is 0 Å². The van der Waals surface area contributed by atoms with Crippen LogP contribution in [0.3, 0.4) is 0 Å². The summed E-state index contributed by atoms with van der Waals surface area (Å²) in [6, 6.07) is 8.16. The molecule has 0 aliphatic carbocycles. The molecule has 0 spiro atoms. The molecule has 1 aromatic heterocycles. The van der Waals surface area contributed by atoms with Crippen molar-refractivity contribution in [2.45, 2.75) is 18.8 Å². The number of thiazole rings is 1. The third-order valence-electron chi connectivity index (χ3n) is 4.13. The maximum Gasteiger partial charge on any atom is 0.241 e. The second kappa shape index (κ2) is 9.91. The van der Waals surface area contributed by atoms with Crippen LogP contribution in [-0.4, -0.2) is 47.9 Å². The highest BCUT2D eigenvalue weighted by Gasteiger charge is 2.25. The van der Waals surface area contributed by atoms with Crippen molar-refractivity contribution < 1.29 is 9.59 Å². The molecule has 0 bridgehead atoms. The largest absolute Gasteiger partial charge is 0.346 e. The zero-order valence-electron chi connectivity index (χ0n) is 13.6. The number of benzene rings is 1. The predicted molar refractivity (Wildman–Crippen MR) is 105 cm³/mol. The molecule has 0 atom stereocenters. The smallest absolute Gasteiger partial charge is 0.241 e. The first-order valence-corrected chi connectivity index (χ1v) is 8.59. The SMILES string of the molecule is Cl.Cl.NCC(=O)NCC(=O)N1CCC(c2nc3ccccc3s2)CC1. The first kappa shape index (κ1) is 21.6. The van der Waals surface area contributed by atoms with Crippen LogP contribution in [0.2, 0.25) is 0 Å². The quantitative estimate of drug-likeness (QED) is 0.814. The number of nitrogens with one attached hydrogen (secondary N) is 1. The molecule has 3 N–H and O–H groups in total. The number of halogens is 2. The maximum absolute atomic E-state index is 12.1. The Kier molecular flexibility index (Phi) is 8.58. The summed E-state index contributed by atoms with van der Waals surface area (Å²) in [5, 5.41) is 3.69. The molecule has 3 rings (SSSR count). The molecule has 138 valence electrons. The van der Waals surface area contributed by atoms with Crippen LogP contribution in [0.4, 0.5) is 0 Å². The fourth-order valence-electron chi connectivity index (χ4n) is 2.80. The van der Waals surface area contributed by atoms with Crippen LogP contribution in [0.25, 0.3) is 10.2 Å². The van der Waals surface area contributed by atoms with Crippen LogP contribution in [-0.2, 0) is 9.59 Å². The van der Waals surface area contributed by atoms with Gasteiger partial charge in [-0.3, -0.25) is 9.59 Å². The van der Waals surface area contributed by atoms with Gasteiger partial charge in [-0.25, -0.2) is 4.98 Å². The molecule has 0 radical (unpaired) electrons. The third kappa shape index (κ3) is 5.28. The molecule has 6 nitrogen and oxygen atoms in total. The Balaban J connectivity index is 0.00000156. The van der Waals surface area contributed by atoms with E-state index in [1.54, 1.807) is 16.2 Å². The lowest BCUT2D eigenvalue weighted by atomic mass is 9.97. The van der Waals surface area contributed by atoms with E-state index in [-0.39, 0.29) is 49.7 Å². The molecule has 25 heavy (non-hydrogen) atoms. The second-order valence-corrected chi connectivity index (χ2v) is 6.72. The van der Waals surface area contributed by atoms with Crippen LogP contribution in [0.5, 0.6) is 0 Å². The zero-order chi connectivity index (χ0) is 16.2. The van der Waals surface area contributed by atoms with Gasteiger partial charge in [-0.05, 0) is 25.0 Å². The second-order valence-electron chi connectivity index (χ2n) is 5.66. The molecule has 0 unspecified atom stereocenters. The van der Waals surface area contributed by atoms with Crippen molar-refractivity contribution in [1.29, 1.82) is 0 Å². The standard InChI is InChI=1S/C16H20N4O2S.2ClH/c17-9-14(21)18-10-15(22)20-7-5-11(6-8-20)16-19-12-3-1-2-4-13(12)23-16;;/h1-4,11H,5-10,17H2,(H,18,21);2*1H. The van der Waals surface area contributed by atoms with E-state index in [0.29, 0.717) is 19.0 Å². The van der Waals surface area contributed by atoms with Crippen molar-refractivity contribution in [3.63, 3.8) is 0 Å². The van der Waals surface area contributed by atoms with Gasteiger partial charge >= 0.3 is 0 Å². The predicted octanol–water partition coefficient (Wildman–Crippen LogP) is 1.92. The minimum atomic E-state index is -0.303. The van der Waals surface area contributed by atoms with Gasteiger partial charge in [0.05, 0.1) is 28.3 Å². The summed E-state index contributed by atoms with van der Waals surface area (Å²) in [5.74, 6) is 0.0624. The average Bonchev–Trinajstić information content (AvgIpc) is 3.03. The number of nitrogens with zero attached hydrogens (tertiary/aromatic N) is 2. The van der Waals surface area contributed by atoms with E-state index < -0.39 is 0 Å². The van der Waals surface area contributed by atoms with E-state index in [0.717, 1.165) is 23.4 Å². The molecule has 2 amide bonds. The van der Waals surface area contributed by atoms with E-state index in [4.69, 9.17) is 10.7 Å². The van der Waals surface area contributed by atoms with Gasteiger partial charge in [0, 0.05) is 19.0 Å². The van der Waals surface area contributed by atoms with Crippen molar-refractivity contribution in [2.75, 3.05) is 26.2 Å². The number of para-hydroxylation sites is 1. The molecule has 2 aromatic rings. The number of rotatable bonds is 4. The molecular formula is C16H22Cl2N4O2S. The van der Waals surface area contributed by atoms with E-state index in [1.165, 1.54) is 4.70 Å². The summed E-state index contributed by atoms with van der Waals surface area (Å²) in [4.78, 5) is 29.7. The Morgan fingerprint density at radius 2 is 1.92 bits per heavy atom. The number of piperidine rings is 1. The van der Waals surface area contributed by atoms with Crippen LogP contribution >= 0.6 is 36.2 Å². The van der Waals surface area contributed by atoms with E-state index in [2.05, 4.69) is 11.4 Å². The average molecular weight is 405 g/mol. The highest BCUT2D eigenvalue weighted by atomic mass is 35.5. The highest BCUT2D eigenvalue weighted by molar-refractivity contribution is 7.18. The minimum absolute atomic E-state index is 0. The number of carbonyl (C=O) groups excluding carboxylic acids is 2. The molecular weight excluding hydrogens is 383 g/mol. The molecule has 1 aliphatic rings. The zero-order valence-corrected chi connectivity index (χ0v) is 16.1. The number of likely N-dealkylation sites (tertiary alicyclic amines) is 1. The molecule has 9 heteroatoms. The summed E-state index contributed by atoms with van der Waals surface area (Å²) >= 11 is 1.75. The topological polar surface area (TPSA) is 88.3 Å². The summed E-state index contributed by atoms with van der Waals surface area (Å²) in [6.45, 7) is 1.35. The van der Waals surface area contributed by atoms with Gasteiger partial charge < -0.3 is 16.0 Å². The van der Waals surface area contributed by atoms with Crippen LogP contribution in [0.1, 0.15) is 23.8 Å². The number of hydrogen-bond acceptors (Lipinski definition) is 5. The lowest BCUT2D eigenvalue weighted by Gasteiger charge is -2.31. The van der Waals surface area contributed by atoms with Gasteiger partial charge in [0.2, 0.25) is 11.8 Å². The summed E-state index contributed by atoms with van der Waals surface area (Å²) in [7, 11) is 0. The number of carbonyl (C=O) groups is 2. The first-order chi connectivity index (χ1) is 11.2. The Hall–Kier alpha value is -1.41. The van der Waals surface area contributed by atoms with Crippen LogP contribution in [0.15, 0.2) is 24.3 Å². The number of aromatic nitrogens is 1. The van der Waals surface area contributed by atoms with Crippen LogP contribution in [0, 0.1) is 0 Å². The number of amides is 2. The Morgan fingerprint density at radius 1 is 1.24 bits per heavy atom. The first-order valence-electron chi connectivity index (χ1n) is 7.77. The molecule has 1 aliphatic heterocycles. The van der Waals surface area contributed by atoms with Gasteiger partial charge in [0.1, 0.15) is 0 Å². The molecule has 1 saturated heterocycles. The van der Waals surface area contributed by atoms with E-state index in [9.17, 15) is 9.59 Å². The number of fused-ring (bicyclic) bond motifs is 1. The Bertz CT molecular complexity index is 684. The minimum Gasteiger partial charge on any atom is -0.346 e. The van der Waals surface area contributed by atoms with Crippen molar-refractivity contribution >= 4 is 58.2 Å². The normalized spacial score (nSPS) is 14.5. The molecule has 1 aromatic carbocycles. The Morgan fingerprint density at radius 3 is 2.56 bits per heavy atom. The van der Waals surface area contributed by atoms with Gasteiger partial charge in [0.25, 0.3) is 0 Å². The lowest BCUT2D eigenvalue weighted by Crippen LogP contribution is -2.44. The monoisotopic (exact) mass is 404 g/mol. The summed E-state index contributed by atoms with van der Waals surface area (Å²) in [6.07, 6.45) is 1.83. The number of nitrogens with two attached hydrogens (primary N) is 1.